The van der Waals surface area contributed by atoms with Crippen molar-refractivity contribution in [2.75, 3.05) is 13.1 Å². The van der Waals surface area contributed by atoms with Gasteiger partial charge >= 0.3 is 18.7 Å². The Balaban J connectivity index is 1.69. The van der Waals surface area contributed by atoms with Crippen LogP contribution in [0.5, 0.6) is 11.5 Å². The monoisotopic (exact) mass is 395 g/mol. The van der Waals surface area contributed by atoms with E-state index in [1.165, 1.54) is 11.0 Å². The van der Waals surface area contributed by atoms with E-state index >= 15 is 0 Å². The average molecular weight is 395 g/mol. The fourth-order valence-electron chi connectivity index (χ4n) is 3.13. The van der Waals surface area contributed by atoms with Crippen LogP contribution in [0.2, 0.25) is 6.32 Å². The molecule has 0 saturated carbocycles. The zero-order valence-electron chi connectivity index (χ0n) is 14.8. The second-order valence-electron chi connectivity index (χ2n) is 6.93. The van der Waals surface area contributed by atoms with Crippen LogP contribution in [-0.2, 0) is 16.0 Å². The number of rotatable bonds is 6. The van der Waals surface area contributed by atoms with Crippen LogP contribution in [-0.4, -0.2) is 75.0 Å². The Hall–Kier alpha value is -2.83. The molecule has 11 nitrogen and oxygen atoms in total. The Kier molecular flexibility index (Phi) is 5.19. The fraction of sp³-hybridized carbons (Fsp3) is 0.438. The smallest absolute Gasteiger partial charge is 0.430 e. The van der Waals surface area contributed by atoms with Gasteiger partial charge in [-0.25, -0.2) is 4.79 Å². The van der Waals surface area contributed by atoms with Gasteiger partial charge in [0.05, 0.1) is 25.3 Å². The number of benzene rings is 1. The molecule has 3 rings (SSSR count). The van der Waals surface area contributed by atoms with E-state index in [9.17, 15) is 29.5 Å². The summed E-state index contributed by atoms with van der Waals surface area (Å²) in [4.78, 5) is 35.7. The van der Waals surface area contributed by atoms with E-state index in [4.69, 9.17) is 20.2 Å². The minimum absolute atomic E-state index is 0.0147. The summed E-state index contributed by atoms with van der Waals surface area (Å²) in [5.41, 5.74) is 5.55. The summed E-state index contributed by atoms with van der Waals surface area (Å²) in [5, 5.41) is 37.7. The van der Waals surface area contributed by atoms with Crippen LogP contribution < -0.4 is 15.1 Å². The van der Waals surface area contributed by atoms with Crippen molar-refractivity contribution in [3.8, 4) is 11.5 Å². The van der Waals surface area contributed by atoms with Crippen molar-refractivity contribution in [1.29, 1.82) is 0 Å². The van der Waals surface area contributed by atoms with Crippen LogP contribution in [0.3, 0.4) is 0 Å². The number of likely N-dealkylation sites (tertiary alicyclic amines) is 1. The maximum Gasteiger partial charge on any atom is 0.430 e. The van der Waals surface area contributed by atoms with Gasteiger partial charge in [0.25, 0.3) is 0 Å². The number of amides is 1. The molecule has 28 heavy (non-hydrogen) atoms. The quantitative estimate of drug-likeness (QED) is 0.361. The number of carboxylic acid groups (broad SMARTS) is 2. The van der Waals surface area contributed by atoms with Crippen molar-refractivity contribution < 1.29 is 44.0 Å². The number of nitrogens with two attached hydrogens (primary N) is 1. The Morgan fingerprint density at radius 2 is 1.96 bits per heavy atom. The molecule has 1 saturated heterocycles. The summed E-state index contributed by atoms with van der Waals surface area (Å²) in [5.74, 6) is -3.21. The van der Waals surface area contributed by atoms with Crippen LogP contribution in [0.25, 0.3) is 0 Å². The van der Waals surface area contributed by atoms with Crippen LogP contribution in [0.1, 0.15) is 22.3 Å². The third-order valence-electron chi connectivity index (χ3n) is 4.72. The van der Waals surface area contributed by atoms with Gasteiger partial charge in [-0.15, -0.1) is 0 Å². The second kappa shape index (κ2) is 7.30. The minimum atomic E-state index is -3.13. The molecule has 1 atom stereocenters. The standard InChI is InChI=1S/C16H20BN2O9/c18-10(15(21)22)5-12(20)19-6-9(7-19)27-11-2-1-8-3-4-17(25,26)28-14(8)13(11)16(23)24/h1-2,9-10,25-26H,3-7,18H2,(H,21,22)(H,23,24)/q-1. The fourth-order valence-corrected chi connectivity index (χ4v) is 3.13. The van der Waals surface area contributed by atoms with E-state index in [-0.39, 0.29) is 49.3 Å². The molecule has 1 unspecified atom stereocenters. The lowest BCUT2D eigenvalue weighted by atomic mass is 9.70. The van der Waals surface area contributed by atoms with Gasteiger partial charge in [0.1, 0.15) is 23.5 Å². The van der Waals surface area contributed by atoms with Crippen molar-refractivity contribution in [2.24, 2.45) is 5.73 Å². The van der Waals surface area contributed by atoms with Crippen LogP contribution in [0.15, 0.2) is 12.1 Å². The van der Waals surface area contributed by atoms with E-state index in [0.29, 0.717) is 5.56 Å². The molecule has 0 aromatic heterocycles. The number of carboxylic acids is 2. The number of nitrogens with zero attached hydrogens (tertiary/aromatic N) is 1. The molecule has 2 aliphatic heterocycles. The van der Waals surface area contributed by atoms with Crippen LogP contribution >= 0.6 is 0 Å². The molecule has 0 aliphatic carbocycles. The van der Waals surface area contributed by atoms with E-state index in [1.807, 2.05) is 0 Å². The van der Waals surface area contributed by atoms with E-state index < -0.39 is 36.7 Å². The highest BCUT2D eigenvalue weighted by molar-refractivity contribution is 6.59. The molecule has 12 heteroatoms. The summed E-state index contributed by atoms with van der Waals surface area (Å²) in [7, 11) is 0. The molecule has 0 radical (unpaired) electrons. The van der Waals surface area contributed by atoms with Gasteiger partial charge in [-0.2, -0.15) is 0 Å². The number of aryl methyl sites for hydroxylation is 1. The highest BCUT2D eigenvalue weighted by Gasteiger charge is 2.36. The number of aliphatic carboxylic acids is 1. The first-order valence-corrected chi connectivity index (χ1v) is 8.68. The highest BCUT2D eigenvalue weighted by atomic mass is 16.6. The van der Waals surface area contributed by atoms with Crippen molar-refractivity contribution in [1.82, 2.24) is 4.90 Å². The molecule has 0 spiro atoms. The third-order valence-corrected chi connectivity index (χ3v) is 4.72. The summed E-state index contributed by atoms with van der Waals surface area (Å²) >= 11 is 0. The number of carbonyl (C=O) groups excluding carboxylic acids is 1. The third kappa shape index (κ3) is 4.03. The van der Waals surface area contributed by atoms with Crippen molar-refractivity contribution in [3.05, 3.63) is 23.3 Å². The number of fused-ring (bicyclic) bond motifs is 1. The molecule has 2 aliphatic rings. The lowest BCUT2D eigenvalue weighted by molar-refractivity contribution is -0.146. The highest BCUT2D eigenvalue weighted by Crippen LogP contribution is 2.38. The predicted molar refractivity (Wildman–Crippen MR) is 94.0 cm³/mol. The number of hydrogen-bond acceptors (Lipinski definition) is 8. The topological polar surface area (TPSA) is 180 Å². The molecule has 1 aromatic carbocycles. The molecular weight excluding hydrogens is 375 g/mol. The normalized spacial score (nSPS) is 19.0. The first kappa shape index (κ1) is 19.9. The van der Waals surface area contributed by atoms with Crippen molar-refractivity contribution >= 4 is 24.6 Å². The molecule has 1 aromatic rings. The molecule has 6 N–H and O–H groups in total. The Morgan fingerprint density at radius 1 is 1.29 bits per heavy atom. The Labute approximate surface area is 159 Å². The predicted octanol–water partition coefficient (Wildman–Crippen LogP) is -1.37. The van der Waals surface area contributed by atoms with Gasteiger partial charge in [0.15, 0.2) is 0 Å². The molecule has 1 fully saturated rings. The summed E-state index contributed by atoms with van der Waals surface area (Å²) < 4.78 is 10.7. The molecular formula is C16H20BN2O9-. The van der Waals surface area contributed by atoms with E-state index in [1.54, 1.807) is 6.07 Å². The summed E-state index contributed by atoms with van der Waals surface area (Å²) in [6.07, 6.45) is -0.627. The van der Waals surface area contributed by atoms with Gasteiger partial charge in [-0.1, -0.05) is 12.4 Å². The van der Waals surface area contributed by atoms with Gasteiger partial charge < -0.3 is 40.3 Å². The van der Waals surface area contributed by atoms with Crippen molar-refractivity contribution in [2.45, 2.75) is 31.3 Å². The lowest BCUT2D eigenvalue weighted by Gasteiger charge is -2.40. The van der Waals surface area contributed by atoms with Crippen LogP contribution in [0.4, 0.5) is 0 Å². The number of aromatic carboxylic acids is 1. The first-order valence-electron chi connectivity index (χ1n) is 8.68. The lowest BCUT2D eigenvalue weighted by Crippen LogP contribution is -2.57. The second-order valence-corrected chi connectivity index (χ2v) is 6.93. The van der Waals surface area contributed by atoms with Crippen LogP contribution in [0, 0.1) is 0 Å². The van der Waals surface area contributed by atoms with Gasteiger partial charge in [-0.3, -0.25) is 9.59 Å². The molecule has 2 heterocycles. The SMILES string of the molecule is NC(CC(=O)N1CC(Oc2ccc3c(c2C(=O)O)O[B-](O)(O)CC3)C1)C(=O)O. The maximum atomic E-state index is 11.9. The first-order chi connectivity index (χ1) is 13.1. The summed E-state index contributed by atoms with van der Waals surface area (Å²) in [6, 6.07) is 1.77. The maximum absolute atomic E-state index is 11.9. The van der Waals surface area contributed by atoms with Crippen molar-refractivity contribution in [3.63, 3.8) is 0 Å². The number of hydrogen-bond donors (Lipinski definition) is 5. The largest absolute Gasteiger partial charge is 0.669 e. The average Bonchev–Trinajstić information content (AvgIpc) is 2.55. The molecule has 152 valence electrons. The van der Waals surface area contributed by atoms with Gasteiger partial charge in [0, 0.05) is 0 Å². The Bertz CT molecular complexity index is 823. The van der Waals surface area contributed by atoms with E-state index in [2.05, 4.69) is 0 Å². The molecule has 1 amide bonds. The summed E-state index contributed by atoms with van der Waals surface area (Å²) in [6.45, 7) is -2.84. The zero-order valence-corrected chi connectivity index (χ0v) is 14.8. The van der Waals surface area contributed by atoms with E-state index in [0.717, 1.165) is 0 Å². The number of carbonyl (C=O) groups is 3. The minimum Gasteiger partial charge on any atom is -0.669 e. The zero-order chi connectivity index (χ0) is 20.6. The van der Waals surface area contributed by atoms with Gasteiger partial charge in [-0.05, 0) is 18.1 Å². The molecule has 0 bridgehead atoms. The number of ether oxygens (including phenoxy) is 1. The Morgan fingerprint density at radius 3 is 2.57 bits per heavy atom. The van der Waals surface area contributed by atoms with Gasteiger partial charge in [0.2, 0.25) is 5.91 Å².